The van der Waals surface area contributed by atoms with E-state index >= 15 is 0 Å². The number of benzene rings is 1. The minimum absolute atomic E-state index is 0.269. The molecule has 1 amide bonds. The lowest BCUT2D eigenvalue weighted by molar-refractivity contribution is 0.102. The number of hydrogen-bond acceptors (Lipinski definition) is 5. The van der Waals surface area contributed by atoms with E-state index in [0.29, 0.717) is 23.1 Å². The van der Waals surface area contributed by atoms with Gasteiger partial charge >= 0.3 is 0 Å². The highest BCUT2D eigenvalue weighted by Gasteiger charge is 2.14. The summed E-state index contributed by atoms with van der Waals surface area (Å²) in [5.41, 5.74) is 3.35. The van der Waals surface area contributed by atoms with Gasteiger partial charge in [-0.3, -0.25) is 4.79 Å². The molecule has 0 spiro atoms. The lowest BCUT2D eigenvalue weighted by Crippen LogP contribution is -2.15. The van der Waals surface area contributed by atoms with E-state index < -0.39 is 0 Å². The van der Waals surface area contributed by atoms with E-state index in [4.69, 9.17) is 0 Å². The van der Waals surface area contributed by atoms with E-state index in [1.165, 1.54) is 16.9 Å². The van der Waals surface area contributed by atoms with Crippen LogP contribution in [0.1, 0.15) is 35.8 Å². The second-order valence-corrected chi connectivity index (χ2v) is 7.06. The maximum Gasteiger partial charge on any atom is 0.276 e. The molecular formula is C19H17N5OS. The van der Waals surface area contributed by atoms with Crippen LogP contribution in [0.2, 0.25) is 0 Å². The molecule has 0 saturated heterocycles. The highest BCUT2D eigenvalue weighted by Crippen LogP contribution is 2.26. The maximum absolute atomic E-state index is 12.5. The predicted octanol–water partition coefficient (Wildman–Crippen LogP) is 4.23. The van der Waals surface area contributed by atoms with Gasteiger partial charge in [0, 0.05) is 23.2 Å². The summed E-state index contributed by atoms with van der Waals surface area (Å²) >= 11 is 1.45. The number of nitrogens with one attached hydrogen (secondary N) is 1. The molecule has 0 atom stereocenters. The van der Waals surface area contributed by atoms with Gasteiger partial charge in [0.2, 0.25) is 0 Å². The number of rotatable bonds is 4. The Labute approximate surface area is 154 Å². The van der Waals surface area contributed by atoms with Crippen molar-refractivity contribution < 1.29 is 4.79 Å². The zero-order valence-corrected chi connectivity index (χ0v) is 15.2. The lowest BCUT2D eigenvalue weighted by Gasteiger charge is -2.05. The van der Waals surface area contributed by atoms with E-state index in [2.05, 4.69) is 46.4 Å². The first-order valence-corrected chi connectivity index (χ1v) is 9.16. The van der Waals surface area contributed by atoms with Gasteiger partial charge in [0.15, 0.2) is 5.65 Å². The maximum atomic E-state index is 12.5. The van der Waals surface area contributed by atoms with Gasteiger partial charge in [-0.05, 0) is 17.5 Å². The van der Waals surface area contributed by atoms with E-state index in [0.717, 1.165) is 10.6 Å². The molecule has 1 N–H and O–H groups in total. The second-order valence-electron chi connectivity index (χ2n) is 6.20. The van der Waals surface area contributed by atoms with Crippen molar-refractivity contribution in [2.45, 2.75) is 19.8 Å². The Balaban J connectivity index is 1.55. The fourth-order valence-electron chi connectivity index (χ4n) is 2.63. The molecule has 130 valence electrons. The molecule has 6 nitrogen and oxygen atoms in total. The number of carbonyl (C=O) groups excluding carboxylic acids is 1. The minimum Gasteiger partial charge on any atom is -0.305 e. The molecule has 0 aliphatic rings. The van der Waals surface area contributed by atoms with Crippen LogP contribution in [0.25, 0.3) is 16.2 Å². The molecule has 3 aromatic heterocycles. The second kappa shape index (κ2) is 6.68. The van der Waals surface area contributed by atoms with Crippen molar-refractivity contribution in [1.29, 1.82) is 0 Å². The summed E-state index contributed by atoms with van der Waals surface area (Å²) in [5.74, 6) is 0.774. The van der Waals surface area contributed by atoms with Gasteiger partial charge in [-0.25, -0.2) is 9.97 Å². The summed E-state index contributed by atoms with van der Waals surface area (Å²) in [6.07, 6.45) is 3.27. The van der Waals surface area contributed by atoms with Crippen molar-refractivity contribution in [2.24, 2.45) is 0 Å². The Morgan fingerprint density at radius 2 is 1.92 bits per heavy atom. The molecule has 4 aromatic rings. The van der Waals surface area contributed by atoms with Crippen molar-refractivity contribution in [3.63, 3.8) is 0 Å². The summed E-state index contributed by atoms with van der Waals surface area (Å²) in [4.78, 5) is 21.2. The molecular weight excluding hydrogens is 346 g/mol. The number of fused-ring (bicyclic) bond motifs is 1. The summed E-state index contributed by atoms with van der Waals surface area (Å²) in [7, 11) is 0. The molecule has 0 bridgehead atoms. The number of thiazole rings is 1. The summed E-state index contributed by atoms with van der Waals surface area (Å²) in [5, 5.41) is 9.59. The Morgan fingerprint density at radius 1 is 1.12 bits per heavy atom. The van der Waals surface area contributed by atoms with Crippen LogP contribution in [0.15, 0.2) is 54.2 Å². The van der Waals surface area contributed by atoms with Crippen molar-refractivity contribution >= 4 is 28.7 Å². The zero-order chi connectivity index (χ0) is 18.1. The molecule has 4 rings (SSSR count). The molecule has 0 saturated carbocycles. The highest BCUT2D eigenvalue weighted by atomic mass is 32.1. The normalized spacial score (nSPS) is 11.2. The van der Waals surface area contributed by atoms with Gasteiger partial charge in [-0.15, -0.1) is 11.3 Å². The van der Waals surface area contributed by atoms with Crippen LogP contribution in [-0.4, -0.2) is 25.5 Å². The fraction of sp³-hybridized carbons (Fsp3) is 0.158. The van der Waals surface area contributed by atoms with Crippen LogP contribution >= 0.6 is 11.3 Å². The number of nitrogens with zero attached hydrogens (tertiary/aromatic N) is 4. The quantitative estimate of drug-likeness (QED) is 0.589. The average molecular weight is 363 g/mol. The van der Waals surface area contributed by atoms with Gasteiger partial charge in [0.25, 0.3) is 5.91 Å². The van der Waals surface area contributed by atoms with Crippen LogP contribution in [0, 0.1) is 0 Å². The first kappa shape index (κ1) is 16.4. The fourth-order valence-corrected chi connectivity index (χ4v) is 3.44. The topological polar surface area (TPSA) is 72.2 Å². The predicted molar refractivity (Wildman–Crippen MR) is 103 cm³/mol. The molecule has 0 radical (unpaired) electrons. The van der Waals surface area contributed by atoms with Crippen molar-refractivity contribution in [3.05, 3.63) is 65.4 Å². The minimum atomic E-state index is -0.269. The first-order valence-electron chi connectivity index (χ1n) is 8.28. The zero-order valence-electron chi connectivity index (χ0n) is 14.4. The van der Waals surface area contributed by atoms with Crippen LogP contribution in [0.4, 0.5) is 5.82 Å². The third kappa shape index (κ3) is 3.09. The number of anilines is 1. The Morgan fingerprint density at radius 3 is 2.69 bits per heavy atom. The van der Waals surface area contributed by atoms with Gasteiger partial charge in [0.05, 0.1) is 6.20 Å². The third-order valence-corrected chi connectivity index (χ3v) is 4.98. The summed E-state index contributed by atoms with van der Waals surface area (Å²) < 4.78 is 1.58. The third-order valence-electron chi connectivity index (χ3n) is 4.09. The Hall–Kier alpha value is -3.06. The number of aromatic nitrogens is 4. The number of hydrogen-bond donors (Lipinski definition) is 1. The smallest absolute Gasteiger partial charge is 0.276 e. The number of amides is 1. The van der Waals surface area contributed by atoms with Gasteiger partial charge in [-0.2, -0.15) is 9.61 Å². The Bertz CT molecular complexity index is 1060. The van der Waals surface area contributed by atoms with Crippen molar-refractivity contribution in [2.75, 3.05) is 5.32 Å². The molecule has 0 fully saturated rings. The van der Waals surface area contributed by atoms with Crippen molar-refractivity contribution in [3.8, 4) is 10.6 Å². The van der Waals surface area contributed by atoms with E-state index in [1.807, 2.05) is 12.1 Å². The van der Waals surface area contributed by atoms with Crippen molar-refractivity contribution in [1.82, 2.24) is 19.6 Å². The monoisotopic (exact) mass is 363 g/mol. The summed E-state index contributed by atoms with van der Waals surface area (Å²) in [6, 6.07) is 11.8. The molecule has 0 unspecified atom stereocenters. The first-order chi connectivity index (χ1) is 12.6. The van der Waals surface area contributed by atoms with E-state index in [1.54, 1.807) is 34.4 Å². The van der Waals surface area contributed by atoms with Crippen LogP contribution < -0.4 is 5.32 Å². The van der Waals surface area contributed by atoms with Gasteiger partial charge in [0.1, 0.15) is 16.5 Å². The van der Waals surface area contributed by atoms with Gasteiger partial charge < -0.3 is 5.32 Å². The van der Waals surface area contributed by atoms with Gasteiger partial charge in [-0.1, -0.05) is 38.1 Å². The largest absolute Gasteiger partial charge is 0.305 e. The van der Waals surface area contributed by atoms with Crippen LogP contribution in [0.5, 0.6) is 0 Å². The molecule has 26 heavy (non-hydrogen) atoms. The highest BCUT2D eigenvalue weighted by molar-refractivity contribution is 7.13. The average Bonchev–Trinajstić information content (AvgIpc) is 3.32. The summed E-state index contributed by atoms with van der Waals surface area (Å²) in [6.45, 7) is 4.33. The molecule has 0 aliphatic heterocycles. The van der Waals surface area contributed by atoms with Crippen LogP contribution in [0.3, 0.4) is 0 Å². The van der Waals surface area contributed by atoms with E-state index in [9.17, 15) is 4.79 Å². The lowest BCUT2D eigenvalue weighted by atomic mass is 10.0. The molecule has 3 heterocycles. The van der Waals surface area contributed by atoms with Crippen LogP contribution in [-0.2, 0) is 0 Å². The molecule has 0 aliphatic carbocycles. The number of carbonyl (C=O) groups is 1. The molecule has 7 heteroatoms. The molecule has 1 aromatic carbocycles. The van der Waals surface area contributed by atoms with E-state index in [-0.39, 0.29) is 5.91 Å². The Kier molecular flexibility index (Phi) is 4.22. The standard InChI is InChI=1S/C19H17N5OS/c1-12(2)13-3-5-14(6-4-13)19-22-15(11-26-19)18(25)23-17-7-9-20-16-8-10-21-24(16)17/h3-12H,1-2H3,(H,23,25). The SMILES string of the molecule is CC(C)c1ccc(-c2nc(C(=O)Nc3ccnc4ccnn34)cs2)cc1.